The number of likely N-dealkylation sites (tertiary alicyclic amines) is 2. The summed E-state index contributed by atoms with van der Waals surface area (Å²) in [5.74, 6) is 0.412. The molecule has 17 heteroatoms. The number of anilines is 2. The molecule has 3 aromatic carbocycles. The molecule has 8 rings (SSSR count). The average molecular weight is 921 g/mol. The van der Waals surface area contributed by atoms with E-state index >= 15 is 4.39 Å². The first-order valence-corrected chi connectivity index (χ1v) is 23.6. The molecule has 67 heavy (non-hydrogen) atoms. The first-order valence-electron chi connectivity index (χ1n) is 23.6. The van der Waals surface area contributed by atoms with Crippen molar-refractivity contribution >= 4 is 57.4 Å². The number of aromatic amines is 2. The van der Waals surface area contributed by atoms with Gasteiger partial charge in [-0.15, -0.1) is 0 Å². The highest BCUT2D eigenvalue weighted by Crippen LogP contribution is 2.48. The van der Waals surface area contributed by atoms with Crippen molar-refractivity contribution in [3.63, 3.8) is 0 Å². The smallest absolute Gasteiger partial charge is 0.407 e. The SMILES string of the molecule is COC(=O)NC(C(=O)N1CCC[C@H]1c1nc2ccc([C@H]3CC[C@H](c4ccc5nc([C@@H]6CCCN6C(=O)[C@@H](NC(=O)OC)C(C)C)[nH]c5c4)N3c3ccc(NC(C)(C)C)c(F)c3)cc2[nH]1)C(C)C. The number of methoxy groups -OCH3 is 2. The number of nitrogens with zero attached hydrogens (tertiary/aromatic N) is 5. The van der Waals surface area contributed by atoms with Crippen LogP contribution in [-0.4, -0.2) is 98.7 Å². The van der Waals surface area contributed by atoms with Crippen molar-refractivity contribution in [2.45, 2.75) is 129 Å². The molecular weight excluding hydrogens is 856 g/mol. The number of H-pyrrole nitrogens is 2. The van der Waals surface area contributed by atoms with Crippen LogP contribution in [-0.2, 0) is 19.1 Å². The lowest BCUT2D eigenvalue weighted by Gasteiger charge is -2.34. The summed E-state index contributed by atoms with van der Waals surface area (Å²) >= 11 is 0. The molecule has 5 heterocycles. The van der Waals surface area contributed by atoms with Crippen LogP contribution >= 0.6 is 0 Å². The fraction of sp³-hybridized carbons (Fsp3) is 0.520. The average Bonchev–Trinajstić information content (AvgIpc) is 4.15. The van der Waals surface area contributed by atoms with Gasteiger partial charge in [0.1, 0.15) is 29.5 Å². The molecule has 3 aliphatic heterocycles. The largest absolute Gasteiger partial charge is 0.453 e. The van der Waals surface area contributed by atoms with Crippen LogP contribution < -0.4 is 20.9 Å². The van der Waals surface area contributed by atoms with Gasteiger partial charge in [0.05, 0.1) is 66.1 Å². The summed E-state index contributed by atoms with van der Waals surface area (Å²) in [6, 6.07) is 15.6. The van der Waals surface area contributed by atoms with E-state index in [1.54, 1.807) is 6.07 Å². The summed E-state index contributed by atoms with van der Waals surface area (Å²) in [7, 11) is 2.57. The number of alkyl carbamates (subject to hydrolysis) is 2. The Hall–Kier alpha value is -6.39. The van der Waals surface area contributed by atoms with Gasteiger partial charge >= 0.3 is 12.2 Å². The fourth-order valence-corrected chi connectivity index (χ4v) is 10.2. The third-order valence-corrected chi connectivity index (χ3v) is 13.4. The van der Waals surface area contributed by atoms with E-state index in [9.17, 15) is 19.2 Å². The van der Waals surface area contributed by atoms with E-state index in [1.807, 2.05) is 82.5 Å². The maximum absolute atomic E-state index is 16.1. The second-order valence-corrected chi connectivity index (χ2v) is 19.9. The van der Waals surface area contributed by atoms with E-state index in [2.05, 4.69) is 55.1 Å². The number of rotatable bonds is 12. The predicted octanol–water partition coefficient (Wildman–Crippen LogP) is 8.96. The lowest BCUT2D eigenvalue weighted by molar-refractivity contribution is -0.136. The summed E-state index contributed by atoms with van der Waals surface area (Å²) in [6.45, 7) is 14.7. The number of imidazole rings is 2. The normalized spacial score (nSPS) is 20.8. The number of carbonyl (C=O) groups is 4. The van der Waals surface area contributed by atoms with Crippen LogP contribution in [0.2, 0.25) is 0 Å². The van der Waals surface area contributed by atoms with Gasteiger partial charge in [-0.1, -0.05) is 39.8 Å². The van der Waals surface area contributed by atoms with Crippen molar-refractivity contribution in [1.82, 2.24) is 40.4 Å². The Bertz CT molecular complexity index is 2490. The molecule has 4 amide bonds. The Balaban J connectivity index is 1.10. The maximum atomic E-state index is 16.1. The molecule has 2 aromatic heterocycles. The van der Waals surface area contributed by atoms with Crippen LogP contribution in [0.5, 0.6) is 0 Å². The Labute approximate surface area is 391 Å². The number of carbonyl (C=O) groups excluding carboxylic acids is 4. The van der Waals surface area contributed by atoms with Crippen LogP contribution in [0, 0.1) is 17.7 Å². The van der Waals surface area contributed by atoms with Crippen molar-refractivity contribution in [2.24, 2.45) is 11.8 Å². The van der Waals surface area contributed by atoms with Gasteiger partial charge in [-0.05, 0) is 125 Å². The standard InChI is InChI=1S/C50H65FN10O6/c1-27(2)42(56-48(64)66-8)46(62)59-22-10-12-40(59)44-52-34-17-14-29(24-36(34)54-44)38-20-21-39(61(38)31-16-19-33(32(51)26-31)58-50(5,6)7)30-15-18-35-37(25-30)55-45(53-35)41-13-11-23-60(41)47(63)43(28(3)4)57-49(65)67-9/h14-19,24-28,38-43,58H,10-13,20-23H2,1-9H3,(H,52,54)(H,53,55)(H,56,64)(H,57,65)/t38-,39-,40+,41+,42+,43?/m1/s1. The predicted molar refractivity (Wildman–Crippen MR) is 255 cm³/mol. The summed E-state index contributed by atoms with van der Waals surface area (Å²) < 4.78 is 25.8. The Kier molecular flexibility index (Phi) is 13.4. The molecule has 0 aliphatic carbocycles. The molecule has 3 saturated heterocycles. The van der Waals surface area contributed by atoms with Crippen molar-refractivity contribution in [2.75, 3.05) is 37.5 Å². The van der Waals surface area contributed by atoms with Crippen molar-refractivity contribution in [3.05, 3.63) is 83.2 Å². The van der Waals surface area contributed by atoms with Gasteiger partial charge in [0.15, 0.2) is 0 Å². The zero-order chi connectivity index (χ0) is 47.9. The summed E-state index contributed by atoms with van der Waals surface area (Å²) in [5.41, 5.74) is 6.16. The third-order valence-electron chi connectivity index (χ3n) is 13.4. The lowest BCUT2D eigenvalue weighted by atomic mass is 10.0. The number of hydrogen-bond donors (Lipinski definition) is 5. The van der Waals surface area contributed by atoms with Gasteiger partial charge in [0, 0.05) is 24.3 Å². The minimum atomic E-state index is -0.737. The number of benzene rings is 3. The molecular formula is C50H65FN10O6. The molecule has 3 aliphatic rings. The van der Waals surface area contributed by atoms with Crippen LogP contribution in [0.3, 0.4) is 0 Å². The highest BCUT2D eigenvalue weighted by molar-refractivity contribution is 5.87. The van der Waals surface area contributed by atoms with Gasteiger partial charge < -0.3 is 50.1 Å². The molecule has 3 fully saturated rings. The monoisotopic (exact) mass is 921 g/mol. The van der Waals surface area contributed by atoms with Crippen LogP contribution in [0.15, 0.2) is 54.6 Å². The topological polar surface area (TPSA) is 190 Å². The second kappa shape index (κ2) is 19.1. The molecule has 16 nitrogen and oxygen atoms in total. The summed E-state index contributed by atoms with van der Waals surface area (Å²) in [4.78, 5) is 75.1. The molecule has 0 spiro atoms. The van der Waals surface area contributed by atoms with Crippen LogP contribution in [0.25, 0.3) is 22.1 Å². The van der Waals surface area contributed by atoms with E-state index in [4.69, 9.17) is 19.4 Å². The highest BCUT2D eigenvalue weighted by atomic mass is 19.1. The quantitative estimate of drug-likeness (QED) is 0.0808. The number of ether oxygens (including phenoxy) is 2. The first-order chi connectivity index (χ1) is 31.9. The van der Waals surface area contributed by atoms with Crippen LogP contribution in [0.1, 0.15) is 134 Å². The molecule has 1 unspecified atom stereocenters. The number of nitrogens with one attached hydrogen (secondary N) is 5. The molecule has 0 saturated carbocycles. The number of halogens is 1. The van der Waals surface area contributed by atoms with Gasteiger partial charge in [0.2, 0.25) is 11.8 Å². The van der Waals surface area contributed by atoms with E-state index in [0.29, 0.717) is 30.4 Å². The molecule has 358 valence electrons. The lowest BCUT2D eigenvalue weighted by Crippen LogP contribution is -2.51. The van der Waals surface area contributed by atoms with Gasteiger partial charge in [-0.2, -0.15) is 0 Å². The number of amides is 4. The molecule has 5 N–H and O–H groups in total. The molecule has 6 atom stereocenters. The molecule has 0 bridgehead atoms. The number of aromatic nitrogens is 4. The van der Waals surface area contributed by atoms with Gasteiger partial charge in [-0.3, -0.25) is 9.59 Å². The summed E-state index contributed by atoms with van der Waals surface area (Å²) in [5, 5.41) is 8.74. The molecule has 5 aromatic rings. The van der Waals surface area contributed by atoms with E-state index < -0.39 is 24.3 Å². The first kappa shape index (κ1) is 47.1. The Morgan fingerprint density at radius 3 is 1.54 bits per heavy atom. The number of hydrogen-bond acceptors (Lipinski definition) is 10. The number of fused-ring (bicyclic) bond motifs is 2. The second-order valence-electron chi connectivity index (χ2n) is 19.9. The maximum Gasteiger partial charge on any atom is 0.407 e. The van der Waals surface area contributed by atoms with Crippen molar-refractivity contribution in [1.29, 1.82) is 0 Å². The molecule has 0 radical (unpaired) electrons. The van der Waals surface area contributed by atoms with E-state index in [-0.39, 0.29) is 59.2 Å². The zero-order valence-electron chi connectivity index (χ0n) is 40.0. The minimum Gasteiger partial charge on any atom is -0.453 e. The fourth-order valence-electron chi connectivity index (χ4n) is 10.2. The highest BCUT2D eigenvalue weighted by Gasteiger charge is 2.41. The van der Waals surface area contributed by atoms with Crippen LogP contribution in [0.4, 0.5) is 25.4 Å². The van der Waals surface area contributed by atoms with Crippen molar-refractivity contribution < 1.29 is 33.0 Å². The van der Waals surface area contributed by atoms with E-state index in [1.165, 1.54) is 14.2 Å². The Morgan fingerprint density at radius 2 is 1.13 bits per heavy atom. The van der Waals surface area contributed by atoms with Gasteiger partial charge in [-0.25, -0.2) is 23.9 Å². The summed E-state index contributed by atoms with van der Waals surface area (Å²) in [6.07, 6.45) is 3.36. The minimum absolute atomic E-state index is 0.124. The van der Waals surface area contributed by atoms with E-state index in [0.717, 1.165) is 77.4 Å². The van der Waals surface area contributed by atoms with Crippen molar-refractivity contribution in [3.8, 4) is 0 Å². The zero-order valence-corrected chi connectivity index (χ0v) is 40.0. The van der Waals surface area contributed by atoms with Gasteiger partial charge in [0.25, 0.3) is 0 Å². The Morgan fingerprint density at radius 1 is 0.672 bits per heavy atom. The third kappa shape index (κ3) is 9.73.